The summed E-state index contributed by atoms with van der Waals surface area (Å²) in [5, 5.41) is 10.8. The molecule has 0 radical (unpaired) electrons. The average molecular weight is 477 g/mol. The van der Waals surface area contributed by atoms with Crippen LogP contribution in [0.4, 0.5) is 11.6 Å². The quantitative estimate of drug-likeness (QED) is 0.579. The van der Waals surface area contributed by atoms with Crippen molar-refractivity contribution in [3.63, 3.8) is 0 Å². The van der Waals surface area contributed by atoms with Crippen LogP contribution in [-0.4, -0.2) is 47.4 Å². The van der Waals surface area contributed by atoms with Gasteiger partial charge in [0.1, 0.15) is 22.8 Å². The highest BCUT2D eigenvalue weighted by molar-refractivity contribution is 8.00. The Morgan fingerprint density at radius 2 is 1.82 bits per heavy atom. The molecule has 4 rings (SSSR count). The first-order valence-corrected chi connectivity index (χ1v) is 11.5. The van der Waals surface area contributed by atoms with E-state index in [1.54, 1.807) is 31.4 Å². The summed E-state index contributed by atoms with van der Waals surface area (Å²) in [6.07, 6.45) is 0. The van der Waals surface area contributed by atoms with E-state index in [2.05, 4.69) is 10.4 Å². The van der Waals surface area contributed by atoms with Gasteiger partial charge in [-0.2, -0.15) is 5.26 Å². The topological polar surface area (TPSA) is 103 Å². The standard InChI is InChI=1S/C24H24N6O3S/c1-28(2)17-9-5-16(6-10-17)23-30(20(31)14-34-23)27-24-26-21(19(13-25)22(32)29(24)3)15-7-11-18(33-4)12-8-15/h5-12,23H,14H2,1-4H3,(H,26,27). The van der Waals surface area contributed by atoms with Crippen molar-refractivity contribution in [1.29, 1.82) is 5.26 Å². The molecule has 1 aliphatic rings. The first kappa shape index (κ1) is 23.2. The molecule has 9 nitrogen and oxygen atoms in total. The van der Waals surface area contributed by atoms with Gasteiger partial charge in [-0.05, 0) is 42.0 Å². The number of nitrogens with one attached hydrogen (secondary N) is 1. The largest absolute Gasteiger partial charge is 0.497 e. The second-order valence-electron chi connectivity index (χ2n) is 7.89. The van der Waals surface area contributed by atoms with Crippen molar-refractivity contribution in [1.82, 2.24) is 14.6 Å². The highest BCUT2D eigenvalue weighted by Crippen LogP contribution is 2.39. The lowest BCUT2D eigenvalue weighted by Gasteiger charge is -2.26. The number of nitriles is 1. The van der Waals surface area contributed by atoms with Gasteiger partial charge in [-0.3, -0.25) is 19.6 Å². The van der Waals surface area contributed by atoms with Crippen LogP contribution in [0.5, 0.6) is 5.75 Å². The zero-order valence-electron chi connectivity index (χ0n) is 19.3. The van der Waals surface area contributed by atoms with E-state index in [9.17, 15) is 14.9 Å². The Balaban J connectivity index is 1.72. The number of rotatable bonds is 6. The molecule has 1 aliphatic heterocycles. The van der Waals surface area contributed by atoms with Crippen LogP contribution in [0.25, 0.3) is 11.3 Å². The number of amides is 1. The van der Waals surface area contributed by atoms with Crippen molar-refractivity contribution in [2.45, 2.75) is 5.37 Å². The monoisotopic (exact) mass is 476 g/mol. The highest BCUT2D eigenvalue weighted by atomic mass is 32.2. The van der Waals surface area contributed by atoms with Gasteiger partial charge in [0, 0.05) is 32.4 Å². The molecule has 0 spiro atoms. The number of hydrogen-bond donors (Lipinski definition) is 1. The predicted octanol–water partition coefficient (Wildman–Crippen LogP) is 2.99. The Morgan fingerprint density at radius 3 is 2.41 bits per heavy atom. The summed E-state index contributed by atoms with van der Waals surface area (Å²) in [6, 6.07) is 16.8. The van der Waals surface area contributed by atoms with Gasteiger partial charge in [0.05, 0.1) is 18.6 Å². The molecule has 174 valence electrons. The maximum Gasteiger partial charge on any atom is 0.273 e. The molecule has 1 saturated heterocycles. The van der Waals surface area contributed by atoms with E-state index in [0.717, 1.165) is 11.3 Å². The Labute approximate surface area is 201 Å². The number of anilines is 2. The van der Waals surface area contributed by atoms with Crippen LogP contribution < -0.4 is 20.6 Å². The second kappa shape index (κ2) is 9.49. The van der Waals surface area contributed by atoms with E-state index in [4.69, 9.17) is 4.74 Å². The Morgan fingerprint density at radius 1 is 1.15 bits per heavy atom. The Hall–Kier alpha value is -3.97. The third kappa shape index (κ3) is 4.30. The maximum atomic E-state index is 13.0. The van der Waals surface area contributed by atoms with Gasteiger partial charge in [-0.15, -0.1) is 11.8 Å². The molecule has 1 amide bonds. The van der Waals surface area contributed by atoms with Gasteiger partial charge in [-0.1, -0.05) is 12.1 Å². The molecule has 1 aromatic heterocycles. The zero-order valence-corrected chi connectivity index (χ0v) is 20.1. The van der Waals surface area contributed by atoms with E-state index < -0.39 is 5.56 Å². The number of benzene rings is 2. The average Bonchev–Trinajstić information content (AvgIpc) is 3.21. The summed E-state index contributed by atoms with van der Waals surface area (Å²) < 4.78 is 6.43. The molecular formula is C24H24N6O3S. The SMILES string of the molecule is COc1ccc(-c2nc(NN3C(=O)CSC3c3ccc(N(C)C)cc3)n(C)c(=O)c2C#N)cc1. The van der Waals surface area contributed by atoms with E-state index in [-0.39, 0.29) is 28.5 Å². The predicted molar refractivity (Wildman–Crippen MR) is 133 cm³/mol. The molecule has 3 aromatic rings. The highest BCUT2D eigenvalue weighted by Gasteiger charge is 2.34. The Bertz CT molecular complexity index is 1310. The van der Waals surface area contributed by atoms with Gasteiger partial charge in [-0.25, -0.2) is 9.99 Å². The first-order valence-electron chi connectivity index (χ1n) is 10.5. The summed E-state index contributed by atoms with van der Waals surface area (Å²) in [5.41, 5.74) is 5.30. The van der Waals surface area contributed by atoms with Gasteiger partial charge in [0.2, 0.25) is 5.95 Å². The minimum absolute atomic E-state index is 0.0730. The van der Waals surface area contributed by atoms with E-state index >= 15 is 0 Å². The van der Waals surface area contributed by atoms with E-state index in [1.165, 1.54) is 28.4 Å². The van der Waals surface area contributed by atoms with Crippen LogP contribution in [0.2, 0.25) is 0 Å². The third-order valence-corrected chi connectivity index (χ3v) is 6.76. The third-order valence-electron chi connectivity index (χ3n) is 5.55. The first-order chi connectivity index (χ1) is 16.3. The van der Waals surface area contributed by atoms with Gasteiger partial charge in [0.25, 0.3) is 11.5 Å². The summed E-state index contributed by atoms with van der Waals surface area (Å²) >= 11 is 1.49. The van der Waals surface area contributed by atoms with Crippen molar-refractivity contribution in [2.75, 3.05) is 37.3 Å². The molecule has 2 heterocycles. The lowest BCUT2D eigenvalue weighted by atomic mass is 10.1. The minimum atomic E-state index is -0.503. The minimum Gasteiger partial charge on any atom is -0.497 e. The number of methoxy groups -OCH3 is 1. The lowest BCUT2D eigenvalue weighted by molar-refractivity contribution is -0.126. The number of hydrazine groups is 1. The molecule has 0 aliphatic carbocycles. The summed E-state index contributed by atoms with van der Waals surface area (Å²) in [5.74, 6) is 0.979. The number of carbonyl (C=O) groups excluding carboxylic acids is 1. The fourth-order valence-corrected chi connectivity index (χ4v) is 4.71. The van der Waals surface area contributed by atoms with Crippen LogP contribution in [0.3, 0.4) is 0 Å². The van der Waals surface area contributed by atoms with Crippen molar-refractivity contribution >= 4 is 29.3 Å². The molecule has 34 heavy (non-hydrogen) atoms. The maximum absolute atomic E-state index is 13.0. The fraction of sp³-hybridized carbons (Fsp3) is 0.250. The zero-order chi connectivity index (χ0) is 24.4. The molecule has 1 unspecified atom stereocenters. The number of hydrogen-bond acceptors (Lipinski definition) is 8. The summed E-state index contributed by atoms with van der Waals surface area (Å²) in [7, 11) is 7.01. The molecule has 10 heteroatoms. The molecule has 0 saturated carbocycles. The fourth-order valence-electron chi connectivity index (χ4n) is 3.60. The van der Waals surface area contributed by atoms with Crippen molar-refractivity contribution in [3.05, 3.63) is 70.0 Å². The van der Waals surface area contributed by atoms with Crippen LogP contribution in [0, 0.1) is 11.3 Å². The van der Waals surface area contributed by atoms with Crippen molar-refractivity contribution in [3.8, 4) is 23.1 Å². The van der Waals surface area contributed by atoms with Crippen LogP contribution in [-0.2, 0) is 11.8 Å². The van der Waals surface area contributed by atoms with E-state index in [1.807, 2.05) is 49.3 Å². The van der Waals surface area contributed by atoms with Gasteiger partial charge in [0.15, 0.2) is 0 Å². The van der Waals surface area contributed by atoms with Crippen molar-refractivity contribution in [2.24, 2.45) is 7.05 Å². The van der Waals surface area contributed by atoms with Crippen LogP contribution >= 0.6 is 11.8 Å². The Kier molecular flexibility index (Phi) is 6.47. The molecule has 0 bridgehead atoms. The number of aromatic nitrogens is 2. The number of thioether (sulfide) groups is 1. The lowest BCUT2D eigenvalue weighted by Crippen LogP contribution is -2.37. The van der Waals surface area contributed by atoms with Crippen molar-refractivity contribution < 1.29 is 9.53 Å². The molecule has 1 atom stereocenters. The van der Waals surface area contributed by atoms with Gasteiger partial charge >= 0.3 is 0 Å². The smallest absolute Gasteiger partial charge is 0.273 e. The summed E-state index contributed by atoms with van der Waals surface area (Å²) in [6.45, 7) is 0. The molecule has 1 N–H and O–H groups in total. The van der Waals surface area contributed by atoms with Crippen LogP contribution in [0.1, 0.15) is 16.5 Å². The van der Waals surface area contributed by atoms with Gasteiger partial charge < -0.3 is 9.64 Å². The normalized spacial score (nSPS) is 15.2. The summed E-state index contributed by atoms with van der Waals surface area (Å²) in [4.78, 5) is 32.3. The molecule has 1 fully saturated rings. The molecule has 2 aromatic carbocycles. The van der Waals surface area contributed by atoms with E-state index in [0.29, 0.717) is 17.1 Å². The number of ether oxygens (including phenoxy) is 1. The van der Waals surface area contributed by atoms with Crippen LogP contribution in [0.15, 0.2) is 53.3 Å². The molecular weight excluding hydrogens is 452 g/mol. The number of nitrogens with zero attached hydrogens (tertiary/aromatic N) is 5. The number of carbonyl (C=O) groups is 1. The second-order valence-corrected chi connectivity index (χ2v) is 8.96.